The standard InChI is InChI=1S/C6HF3O4/c7-6(8,9)5(12)13-3-1-2(10)4(3)11/h1H. The Morgan fingerprint density at radius 2 is 1.85 bits per heavy atom. The number of halogens is 3. The highest BCUT2D eigenvalue weighted by Crippen LogP contribution is 2.17. The second-order valence-corrected chi connectivity index (χ2v) is 2.09. The van der Waals surface area contributed by atoms with Crippen LogP contribution in [-0.4, -0.2) is 12.1 Å². The molecule has 13 heavy (non-hydrogen) atoms. The van der Waals surface area contributed by atoms with Gasteiger partial charge in [0.25, 0.3) is 5.43 Å². The molecule has 0 aliphatic rings. The van der Waals surface area contributed by atoms with Crippen LogP contribution in [0, 0.1) is 0 Å². The summed E-state index contributed by atoms with van der Waals surface area (Å²) in [6, 6.07) is 0.520. The molecule has 0 atom stereocenters. The Morgan fingerprint density at radius 3 is 2.15 bits per heavy atom. The Labute approximate surface area is 68.2 Å². The lowest BCUT2D eigenvalue weighted by molar-refractivity contribution is -0.189. The second-order valence-electron chi connectivity index (χ2n) is 2.09. The van der Waals surface area contributed by atoms with Gasteiger partial charge in [0.15, 0.2) is 5.75 Å². The molecule has 0 aliphatic carbocycles. The van der Waals surface area contributed by atoms with Gasteiger partial charge in [-0.05, 0) is 0 Å². The van der Waals surface area contributed by atoms with Crippen molar-refractivity contribution in [3.05, 3.63) is 26.5 Å². The maximum atomic E-state index is 11.5. The molecule has 0 radical (unpaired) electrons. The highest BCUT2D eigenvalue weighted by Gasteiger charge is 2.42. The average Bonchev–Trinajstić information content (AvgIpc) is 2.01. The van der Waals surface area contributed by atoms with Gasteiger partial charge in [-0.2, -0.15) is 13.2 Å². The molecule has 0 bridgehead atoms. The van der Waals surface area contributed by atoms with Crippen molar-refractivity contribution in [2.24, 2.45) is 0 Å². The molecule has 1 aromatic carbocycles. The number of esters is 1. The molecule has 0 aromatic heterocycles. The van der Waals surface area contributed by atoms with Crippen LogP contribution in [0.4, 0.5) is 13.2 Å². The van der Waals surface area contributed by atoms with Crippen LogP contribution >= 0.6 is 0 Å². The van der Waals surface area contributed by atoms with E-state index in [1.54, 1.807) is 0 Å². The molecule has 4 nitrogen and oxygen atoms in total. The van der Waals surface area contributed by atoms with Crippen molar-refractivity contribution >= 4 is 5.97 Å². The van der Waals surface area contributed by atoms with Gasteiger partial charge in [0.05, 0.1) is 0 Å². The lowest BCUT2D eigenvalue weighted by atomic mass is 10.3. The quantitative estimate of drug-likeness (QED) is 0.456. The zero-order valence-electron chi connectivity index (χ0n) is 5.84. The minimum absolute atomic E-state index is 0.520. The Bertz CT molecular complexity index is 410. The van der Waals surface area contributed by atoms with Gasteiger partial charge in [-0.15, -0.1) is 0 Å². The van der Waals surface area contributed by atoms with E-state index in [4.69, 9.17) is 0 Å². The van der Waals surface area contributed by atoms with E-state index in [-0.39, 0.29) is 0 Å². The third-order valence-electron chi connectivity index (χ3n) is 1.14. The maximum absolute atomic E-state index is 11.5. The van der Waals surface area contributed by atoms with Gasteiger partial charge in [-0.3, -0.25) is 9.59 Å². The molecule has 0 aliphatic heterocycles. The molecule has 0 saturated carbocycles. The van der Waals surface area contributed by atoms with Crippen molar-refractivity contribution in [2.75, 3.05) is 0 Å². The van der Waals surface area contributed by atoms with Crippen molar-refractivity contribution in [2.45, 2.75) is 6.18 Å². The van der Waals surface area contributed by atoms with Crippen LogP contribution in [0.15, 0.2) is 15.7 Å². The smallest absolute Gasteiger partial charge is 0.415 e. The maximum Gasteiger partial charge on any atom is 0.491 e. The van der Waals surface area contributed by atoms with E-state index in [1.807, 2.05) is 0 Å². The molecule has 70 valence electrons. The summed E-state index contributed by atoms with van der Waals surface area (Å²) < 4.78 is 38.0. The summed E-state index contributed by atoms with van der Waals surface area (Å²) in [4.78, 5) is 30.6. The van der Waals surface area contributed by atoms with Gasteiger partial charge in [0.2, 0.25) is 5.43 Å². The molecule has 0 N–H and O–H groups in total. The first-order valence-corrected chi connectivity index (χ1v) is 2.91. The zero-order chi connectivity index (χ0) is 10.2. The summed E-state index contributed by atoms with van der Waals surface area (Å²) in [7, 11) is 0. The summed E-state index contributed by atoms with van der Waals surface area (Å²) in [6.07, 6.45) is -5.17. The molecule has 7 heteroatoms. The number of carbonyl (C=O) groups excluding carboxylic acids is 1. The minimum atomic E-state index is -5.17. The van der Waals surface area contributed by atoms with E-state index < -0.39 is 28.8 Å². The molecule has 0 spiro atoms. The molecule has 1 rings (SSSR count). The highest BCUT2D eigenvalue weighted by atomic mass is 19.4. The largest absolute Gasteiger partial charge is 0.491 e. The third-order valence-corrected chi connectivity index (χ3v) is 1.14. The fourth-order valence-corrected chi connectivity index (χ4v) is 0.527. The molecular weight excluding hydrogens is 193 g/mol. The monoisotopic (exact) mass is 194 g/mol. The average molecular weight is 194 g/mol. The Hall–Kier alpha value is -1.66. The number of hydrogen-bond acceptors (Lipinski definition) is 4. The molecule has 0 heterocycles. The van der Waals surface area contributed by atoms with E-state index in [9.17, 15) is 27.6 Å². The summed E-state index contributed by atoms with van der Waals surface area (Å²) in [5, 5.41) is 0. The van der Waals surface area contributed by atoms with Crippen molar-refractivity contribution in [3.8, 4) is 5.75 Å². The van der Waals surface area contributed by atoms with Crippen LogP contribution < -0.4 is 15.6 Å². The van der Waals surface area contributed by atoms with Crippen LogP contribution in [0.3, 0.4) is 0 Å². The number of carbonyl (C=O) groups is 1. The first-order valence-electron chi connectivity index (χ1n) is 2.91. The SMILES string of the molecule is O=C(Oc1cc(=O)c1=O)C(F)(F)F. The minimum Gasteiger partial charge on any atom is -0.415 e. The van der Waals surface area contributed by atoms with E-state index in [0.29, 0.717) is 6.07 Å². The molecule has 1 aromatic rings. The normalized spacial score (nSPS) is 11.6. The van der Waals surface area contributed by atoms with Crippen LogP contribution in [0.5, 0.6) is 5.75 Å². The molecule has 0 unspecified atom stereocenters. The van der Waals surface area contributed by atoms with Gasteiger partial charge >= 0.3 is 12.1 Å². The summed E-state index contributed by atoms with van der Waals surface area (Å²) >= 11 is 0. The second kappa shape index (κ2) is 2.68. The van der Waals surface area contributed by atoms with E-state index in [0.717, 1.165) is 0 Å². The highest BCUT2D eigenvalue weighted by molar-refractivity contribution is 5.78. The molecule has 0 amide bonds. The van der Waals surface area contributed by atoms with Crippen molar-refractivity contribution in [3.63, 3.8) is 0 Å². The van der Waals surface area contributed by atoms with E-state index >= 15 is 0 Å². The first-order chi connectivity index (χ1) is 5.82. The summed E-state index contributed by atoms with van der Waals surface area (Å²) in [6.45, 7) is 0. The van der Waals surface area contributed by atoms with Gasteiger partial charge in [-0.25, -0.2) is 4.79 Å². The van der Waals surface area contributed by atoms with Crippen LogP contribution in [0.1, 0.15) is 0 Å². The number of alkyl halides is 3. The zero-order valence-corrected chi connectivity index (χ0v) is 5.84. The van der Waals surface area contributed by atoms with Gasteiger partial charge in [0.1, 0.15) is 0 Å². The lowest BCUT2D eigenvalue weighted by Crippen LogP contribution is -2.36. The first kappa shape index (κ1) is 9.43. The predicted octanol–water partition coefficient (Wildman–Crippen LogP) is -0.250. The van der Waals surface area contributed by atoms with Crippen molar-refractivity contribution in [1.29, 1.82) is 0 Å². The predicted molar refractivity (Wildman–Crippen MR) is 33.0 cm³/mol. The lowest BCUT2D eigenvalue weighted by Gasteiger charge is -2.05. The summed E-state index contributed by atoms with van der Waals surface area (Å²) in [5.74, 6) is -3.38. The van der Waals surface area contributed by atoms with Gasteiger partial charge in [0, 0.05) is 6.07 Å². The van der Waals surface area contributed by atoms with E-state index in [2.05, 4.69) is 4.74 Å². The number of ether oxygens (including phenoxy) is 1. The Balaban J connectivity index is 2.74. The molecular formula is C6HF3O4. The van der Waals surface area contributed by atoms with Crippen LogP contribution in [-0.2, 0) is 4.79 Å². The van der Waals surface area contributed by atoms with Crippen LogP contribution in [0.2, 0.25) is 0 Å². The fraction of sp³-hybridized carbons (Fsp3) is 0.167. The Kier molecular flexibility index (Phi) is 1.94. The number of rotatable bonds is 1. The Morgan fingerprint density at radius 1 is 1.31 bits per heavy atom. The summed E-state index contributed by atoms with van der Waals surface area (Å²) in [5.41, 5.74) is -2.21. The van der Waals surface area contributed by atoms with E-state index in [1.165, 1.54) is 0 Å². The van der Waals surface area contributed by atoms with Crippen molar-refractivity contribution in [1.82, 2.24) is 0 Å². The number of hydrogen-bond donors (Lipinski definition) is 0. The fourth-order valence-electron chi connectivity index (χ4n) is 0.527. The molecule has 0 saturated heterocycles. The van der Waals surface area contributed by atoms with Crippen molar-refractivity contribution < 1.29 is 22.7 Å². The third kappa shape index (κ3) is 1.74. The molecule has 0 fully saturated rings. The van der Waals surface area contributed by atoms with Crippen LogP contribution in [0.25, 0.3) is 0 Å². The van der Waals surface area contributed by atoms with Gasteiger partial charge in [-0.1, -0.05) is 0 Å². The topological polar surface area (TPSA) is 60.4 Å². The van der Waals surface area contributed by atoms with Gasteiger partial charge < -0.3 is 4.74 Å².